The summed E-state index contributed by atoms with van der Waals surface area (Å²) in [5, 5.41) is 5.97. The largest absolute Gasteiger partial charge is 0.371 e. The molecule has 2 N–H and O–H groups in total. The van der Waals surface area contributed by atoms with Crippen LogP contribution in [0.25, 0.3) is 0 Å². The van der Waals surface area contributed by atoms with Crippen molar-refractivity contribution in [3.63, 3.8) is 0 Å². The van der Waals surface area contributed by atoms with Gasteiger partial charge in [-0.1, -0.05) is 37.0 Å². The number of anilines is 1. The lowest BCUT2D eigenvalue weighted by atomic mass is 10.2. The lowest BCUT2D eigenvalue weighted by Gasteiger charge is -2.18. The fourth-order valence-electron chi connectivity index (χ4n) is 1.42. The Balaban J connectivity index is 2.71. The average Bonchev–Trinajstić information content (AvgIpc) is 2.30. The highest BCUT2D eigenvalue weighted by atomic mass is 35.5. The molecule has 0 aliphatic heterocycles. The Morgan fingerprint density at radius 2 is 1.79 bits per heavy atom. The summed E-state index contributed by atoms with van der Waals surface area (Å²) in [6.07, 6.45) is 0. The van der Waals surface area contributed by atoms with Crippen LogP contribution in [0.2, 0.25) is 10.0 Å². The van der Waals surface area contributed by atoms with E-state index in [1.807, 2.05) is 13.8 Å². The summed E-state index contributed by atoms with van der Waals surface area (Å²) in [7, 11) is 0. The van der Waals surface area contributed by atoms with Crippen molar-refractivity contribution in [3.8, 4) is 0 Å². The number of rotatable bonds is 5. The molecule has 1 atom stereocenters. The SMILES string of the molecule is CC(C)CNC(=O)C(C)Nc1c(Cl)cc(F)cc1Cl. The molecule has 0 radical (unpaired) electrons. The molecule has 0 saturated carbocycles. The predicted octanol–water partition coefficient (Wildman–Crippen LogP) is 3.71. The van der Waals surface area contributed by atoms with E-state index >= 15 is 0 Å². The van der Waals surface area contributed by atoms with Crippen LogP contribution in [0.4, 0.5) is 10.1 Å². The van der Waals surface area contributed by atoms with E-state index in [2.05, 4.69) is 10.6 Å². The molecule has 19 heavy (non-hydrogen) atoms. The van der Waals surface area contributed by atoms with Gasteiger partial charge in [0.1, 0.15) is 11.9 Å². The van der Waals surface area contributed by atoms with Crippen LogP contribution in [0, 0.1) is 11.7 Å². The second-order valence-corrected chi connectivity index (χ2v) is 5.56. The van der Waals surface area contributed by atoms with Crippen molar-refractivity contribution in [2.75, 3.05) is 11.9 Å². The zero-order valence-corrected chi connectivity index (χ0v) is 12.6. The molecule has 0 saturated heterocycles. The van der Waals surface area contributed by atoms with Crippen LogP contribution in [0.5, 0.6) is 0 Å². The molecule has 1 amide bonds. The summed E-state index contributed by atoms with van der Waals surface area (Å²) >= 11 is 11.8. The van der Waals surface area contributed by atoms with E-state index in [-0.39, 0.29) is 16.0 Å². The van der Waals surface area contributed by atoms with Gasteiger partial charge in [0.2, 0.25) is 5.91 Å². The molecule has 1 aromatic rings. The van der Waals surface area contributed by atoms with Crippen molar-refractivity contribution < 1.29 is 9.18 Å². The number of carbonyl (C=O) groups excluding carboxylic acids is 1. The Hall–Kier alpha value is -1.00. The summed E-state index contributed by atoms with van der Waals surface area (Å²) in [5.74, 6) is -0.309. The van der Waals surface area contributed by atoms with Crippen molar-refractivity contribution in [2.45, 2.75) is 26.8 Å². The summed E-state index contributed by atoms with van der Waals surface area (Å²) in [5.41, 5.74) is 0.358. The molecule has 0 aromatic heterocycles. The van der Waals surface area contributed by atoms with Crippen LogP contribution in [0.1, 0.15) is 20.8 Å². The summed E-state index contributed by atoms with van der Waals surface area (Å²) in [6, 6.07) is 1.78. The van der Waals surface area contributed by atoms with Gasteiger partial charge in [-0.25, -0.2) is 4.39 Å². The highest BCUT2D eigenvalue weighted by molar-refractivity contribution is 6.39. The molecule has 0 spiro atoms. The maximum Gasteiger partial charge on any atom is 0.242 e. The van der Waals surface area contributed by atoms with Gasteiger partial charge in [0.05, 0.1) is 15.7 Å². The van der Waals surface area contributed by atoms with Gasteiger partial charge >= 0.3 is 0 Å². The van der Waals surface area contributed by atoms with Gasteiger partial charge in [-0.2, -0.15) is 0 Å². The van der Waals surface area contributed by atoms with Crippen LogP contribution in [0.3, 0.4) is 0 Å². The molecule has 6 heteroatoms. The Morgan fingerprint density at radius 1 is 1.26 bits per heavy atom. The predicted molar refractivity (Wildman–Crippen MR) is 77.4 cm³/mol. The first kappa shape index (κ1) is 16.1. The molecule has 106 valence electrons. The number of hydrogen-bond donors (Lipinski definition) is 2. The van der Waals surface area contributed by atoms with E-state index in [0.29, 0.717) is 18.2 Å². The lowest BCUT2D eigenvalue weighted by Crippen LogP contribution is -2.39. The van der Waals surface area contributed by atoms with E-state index < -0.39 is 11.9 Å². The molecule has 0 heterocycles. The van der Waals surface area contributed by atoms with Crippen LogP contribution >= 0.6 is 23.2 Å². The summed E-state index contributed by atoms with van der Waals surface area (Å²) in [4.78, 5) is 11.8. The second-order valence-electron chi connectivity index (χ2n) is 4.75. The first-order valence-corrected chi connectivity index (χ1v) is 6.75. The van der Waals surface area contributed by atoms with Crippen LogP contribution in [0.15, 0.2) is 12.1 Å². The smallest absolute Gasteiger partial charge is 0.242 e. The van der Waals surface area contributed by atoms with E-state index in [9.17, 15) is 9.18 Å². The van der Waals surface area contributed by atoms with Gasteiger partial charge < -0.3 is 10.6 Å². The molecule has 3 nitrogen and oxygen atoms in total. The standard InChI is InChI=1S/C13H17Cl2FN2O/c1-7(2)6-17-13(19)8(3)18-12-10(14)4-9(16)5-11(12)15/h4-5,7-8,18H,6H2,1-3H3,(H,17,19). The number of halogens is 3. The molecule has 1 unspecified atom stereocenters. The molecule has 1 rings (SSSR count). The minimum atomic E-state index is -0.516. The third kappa shape index (κ3) is 4.88. The third-order valence-electron chi connectivity index (χ3n) is 2.45. The third-order valence-corrected chi connectivity index (χ3v) is 3.04. The van der Waals surface area contributed by atoms with Crippen LogP contribution < -0.4 is 10.6 Å². The molecule has 0 aliphatic rings. The van der Waals surface area contributed by atoms with Gasteiger partial charge in [0.25, 0.3) is 0 Å². The molecular weight excluding hydrogens is 290 g/mol. The number of benzene rings is 1. The van der Waals surface area contributed by atoms with Crippen molar-refractivity contribution in [1.82, 2.24) is 5.32 Å². The number of carbonyl (C=O) groups is 1. The van der Waals surface area contributed by atoms with Gasteiger partial charge in [-0.15, -0.1) is 0 Å². The Bertz CT molecular complexity index is 443. The zero-order valence-electron chi connectivity index (χ0n) is 11.1. The first-order valence-electron chi connectivity index (χ1n) is 6.00. The Kier molecular flexibility index (Phi) is 5.88. The second kappa shape index (κ2) is 6.96. The zero-order chi connectivity index (χ0) is 14.6. The van der Waals surface area contributed by atoms with Gasteiger partial charge in [-0.05, 0) is 25.0 Å². The normalized spacial score (nSPS) is 12.4. The van der Waals surface area contributed by atoms with Gasteiger partial charge in [0, 0.05) is 6.54 Å². The number of amides is 1. The molecule has 0 fully saturated rings. The Morgan fingerprint density at radius 3 is 2.26 bits per heavy atom. The maximum absolute atomic E-state index is 13.0. The van der Waals surface area contributed by atoms with Crippen molar-refractivity contribution in [2.24, 2.45) is 5.92 Å². The van der Waals surface area contributed by atoms with Crippen molar-refractivity contribution >= 4 is 34.8 Å². The van der Waals surface area contributed by atoms with E-state index in [4.69, 9.17) is 23.2 Å². The van der Waals surface area contributed by atoms with Crippen molar-refractivity contribution in [3.05, 3.63) is 28.0 Å². The van der Waals surface area contributed by atoms with E-state index in [1.54, 1.807) is 6.92 Å². The molecule has 0 bridgehead atoms. The Labute approximate surface area is 122 Å². The van der Waals surface area contributed by atoms with Gasteiger partial charge in [-0.3, -0.25) is 4.79 Å². The number of hydrogen-bond acceptors (Lipinski definition) is 2. The molecule has 0 aliphatic carbocycles. The number of nitrogens with one attached hydrogen (secondary N) is 2. The van der Waals surface area contributed by atoms with E-state index in [1.165, 1.54) is 0 Å². The minimum absolute atomic E-state index is 0.147. The van der Waals surface area contributed by atoms with E-state index in [0.717, 1.165) is 12.1 Å². The van der Waals surface area contributed by atoms with Crippen LogP contribution in [-0.2, 0) is 4.79 Å². The fourth-order valence-corrected chi connectivity index (χ4v) is 1.99. The minimum Gasteiger partial charge on any atom is -0.371 e. The first-order chi connectivity index (χ1) is 8.81. The summed E-state index contributed by atoms with van der Waals surface area (Å²) in [6.45, 7) is 6.29. The average molecular weight is 307 g/mol. The van der Waals surface area contributed by atoms with Crippen LogP contribution in [-0.4, -0.2) is 18.5 Å². The molecular formula is C13H17Cl2FN2O. The highest BCUT2D eigenvalue weighted by Crippen LogP contribution is 2.31. The summed E-state index contributed by atoms with van der Waals surface area (Å²) < 4.78 is 13.0. The topological polar surface area (TPSA) is 41.1 Å². The monoisotopic (exact) mass is 306 g/mol. The lowest BCUT2D eigenvalue weighted by molar-refractivity contribution is -0.121. The molecule has 1 aromatic carbocycles. The highest BCUT2D eigenvalue weighted by Gasteiger charge is 2.16. The fraction of sp³-hybridized carbons (Fsp3) is 0.462. The van der Waals surface area contributed by atoms with Crippen molar-refractivity contribution in [1.29, 1.82) is 0 Å². The quantitative estimate of drug-likeness (QED) is 0.871. The van der Waals surface area contributed by atoms with Gasteiger partial charge in [0.15, 0.2) is 0 Å². The maximum atomic E-state index is 13.0.